The number of aliphatic hydroxyl groups is 3. The van der Waals surface area contributed by atoms with Crippen LogP contribution in [-0.4, -0.2) is 59.3 Å². The zero-order valence-electron chi connectivity index (χ0n) is 10.9. The number of ether oxygens (including phenoxy) is 3. The standard InChI is InChI=1S/C11H22O7/c1-7(12)10(14)17-6-4-5-16-9(3)18-11(15)8(2)13/h7-9,11-13,15H,4-6H2,1-3H3. The van der Waals surface area contributed by atoms with E-state index in [0.29, 0.717) is 6.42 Å². The molecule has 0 bridgehead atoms. The van der Waals surface area contributed by atoms with Crippen molar-refractivity contribution in [1.29, 1.82) is 0 Å². The highest BCUT2D eigenvalue weighted by Gasteiger charge is 2.15. The van der Waals surface area contributed by atoms with Crippen LogP contribution in [-0.2, 0) is 19.0 Å². The van der Waals surface area contributed by atoms with Crippen LogP contribution in [0.1, 0.15) is 27.2 Å². The van der Waals surface area contributed by atoms with Crippen molar-refractivity contribution in [3.8, 4) is 0 Å². The van der Waals surface area contributed by atoms with Crippen molar-refractivity contribution in [1.82, 2.24) is 0 Å². The molecule has 0 aliphatic carbocycles. The first kappa shape index (κ1) is 17.3. The monoisotopic (exact) mass is 266 g/mol. The van der Waals surface area contributed by atoms with Crippen molar-refractivity contribution in [2.75, 3.05) is 13.2 Å². The molecule has 0 amide bonds. The van der Waals surface area contributed by atoms with Crippen molar-refractivity contribution < 1.29 is 34.3 Å². The Balaban J connectivity index is 3.52. The van der Waals surface area contributed by atoms with Crippen LogP contribution < -0.4 is 0 Å². The van der Waals surface area contributed by atoms with Gasteiger partial charge in [0.2, 0.25) is 0 Å². The SMILES string of the molecule is CC(OCCCOC(=O)C(C)O)OC(O)C(C)O. The summed E-state index contributed by atoms with van der Waals surface area (Å²) in [6.07, 6.45) is -3.66. The molecule has 7 heteroatoms. The molecule has 18 heavy (non-hydrogen) atoms. The maximum atomic E-state index is 10.9. The van der Waals surface area contributed by atoms with Gasteiger partial charge in [-0.05, 0) is 20.8 Å². The van der Waals surface area contributed by atoms with Gasteiger partial charge >= 0.3 is 5.97 Å². The Bertz CT molecular complexity index is 229. The first-order chi connectivity index (χ1) is 8.34. The topological polar surface area (TPSA) is 105 Å². The van der Waals surface area contributed by atoms with Gasteiger partial charge in [0.05, 0.1) is 13.2 Å². The summed E-state index contributed by atoms with van der Waals surface area (Å²) in [5.74, 6) is -0.677. The van der Waals surface area contributed by atoms with Crippen molar-refractivity contribution in [3.63, 3.8) is 0 Å². The van der Waals surface area contributed by atoms with E-state index >= 15 is 0 Å². The second-order valence-electron chi connectivity index (χ2n) is 3.90. The molecular weight excluding hydrogens is 244 g/mol. The minimum absolute atomic E-state index is 0.134. The highest BCUT2D eigenvalue weighted by molar-refractivity contribution is 5.73. The van der Waals surface area contributed by atoms with Crippen LogP contribution in [0.5, 0.6) is 0 Å². The van der Waals surface area contributed by atoms with Gasteiger partial charge in [0, 0.05) is 6.42 Å². The quantitative estimate of drug-likeness (QED) is 0.290. The lowest BCUT2D eigenvalue weighted by Gasteiger charge is -2.20. The summed E-state index contributed by atoms with van der Waals surface area (Å²) in [6.45, 7) is 4.70. The number of esters is 1. The summed E-state index contributed by atoms with van der Waals surface area (Å²) < 4.78 is 14.8. The maximum Gasteiger partial charge on any atom is 0.334 e. The van der Waals surface area contributed by atoms with Gasteiger partial charge in [-0.25, -0.2) is 4.79 Å². The maximum absolute atomic E-state index is 10.9. The van der Waals surface area contributed by atoms with E-state index in [9.17, 15) is 9.90 Å². The molecule has 0 aliphatic heterocycles. The minimum Gasteiger partial charge on any atom is -0.464 e. The molecule has 4 unspecified atom stereocenters. The molecule has 0 aromatic carbocycles. The summed E-state index contributed by atoms with van der Waals surface area (Å²) in [7, 11) is 0. The number of carbonyl (C=O) groups excluding carboxylic acids is 1. The molecule has 0 rings (SSSR count). The molecule has 7 nitrogen and oxygen atoms in total. The lowest BCUT2D eigenvalue weighted by molar-refractivity contribution is -0.247. The number of hydrogen-bond donors (Lipinski definition) is 3. The van der Waals surface area contributed by atoms with E-state index in [4.69, 9.17) is 24.4 Å². The van der Waals surface area contributed by atoms with Crippen LogP contribution in [0.3, 0.4) is 0 Å². The summed E-state index contributed by atoms with van der Waals surface area (Å²) >= 11 is 0. The number of carbonyl (C=O) groups is 1. The first-order valence-electron chi connectivity index (χ1n) is 5.82. The van der Waals surface area contributed by atoms with E-state index in [2.05, 4.69) is 0 Å². The van der Waals surface area contributed by atoms with Crippen molar-refractivity contribution in [2.24, 2.45) is 0 Å². The van der Waals surface area contributed by atoms with Gasteiger partial charge in [-0.15, -0.1) is 0 Å². The van der Waals surface area contributed by atoms with Gasteiger partial charge in [0.1, 0.15) is 12.2 Å². The molecule has 0 spiro atoms. The van der Waals surface area contributed by atoms with E-state index in [1.54, 1.807) is 6.92 Å². The third kappa shape index (κ3) is 8.37. The summed E-state index contributed by atoms with van der Waals surface area (Å²) in [6, 6.07) is 0. The molecule has 0 heterocycles. The van der Waals surface area contributed by atoms with Crippen LogP contribution in [0.2, 0.25) is 0 Å². The lowest BCUT2D eigenvalue weighted by atomic mass is 10.4. The molecule has 0 aromatic rings. The molecule has 3 N–H and O–H groups in total. The summed E-state index contributed by atoms with van der Waals surface area (Å²) in [5.41, 5.74) is 0. The Kier molecular flexibility index (Phi) is 8.86. The summed E-state index contributed by atoms with van der Waals surface area (Å²) in [5, 5.41) is 27.0. The average molecular weight is 266 g/mol. The molecule has 4 atom stereocenters. The van der Waals surface area contributed by atoms with E-state index < -0.39 is 30.8 Å². The Morgan fingerprint density at radius 2 is 1.72 bits per heavy atom. The molecule has 0 aliphatic rings. The van der Waals surface area contributed by atoms with Crippen molar-refractivity contribution in [2.45, 2.75) is 52.0 Å². The molecule has 108 valence electrons. The van der Waals surface area contributed by atoms with Crippen molar-refractivity contribution >= 4 is 5.97 Å². The van der Waals surface area contributed by atoms with Crippen LogP contribution >= 0.6 is 0 Å². The Morgan fingerprint density at radius 3 is 2.22 bits per heavy atom. The van der Waals surface area contributed by atoms with E-state index in [1.165, 1.54) is 13.8 Å². The number of aliphatic hydroxyl groups excluding tert-OH is 3. The van der Waals surface area contributed by atoms with E-state index in [-0.39, 0.29) is 13.2 Å². The molecule has 0 aromatic heterocycles. The molecule has 0 saturated carbocycles. The molecule has 0 saturated heterocycles. The third-order valence-electron chi connectivity index (χ3n) is 1.97. The Morgan fingerprint density at radius 1 is 1.11 bits per heavy atom. The molecule has 0 radical (unpaired) electrons. The number of rotatable bonds is 9. The highest BCUT2D eigenvalue weighted by Crippen LogP contribution is 2.02. The minimum atomic E-state index is -1.30. The Hall–Kier alpha value is -0.730. The van der Waals surface area contributed by atoms with Gasteiger partial charge in [0.15, 0.2) is 12.6 Å². The van der Waals surface area contributed by atoms with Gasteiger partial charge < -0.3 is 29.5 Å². The largest absolute Gasteiger partial charge is 0.464 e. The van der Waals surface area contributed by atoms with E-state index in [0.717, 1.165) is 0 Å². The van der Waals surface area contributed by atoms with E-state index in [1.807, 2.05) is 0 Å². The fraction of sp³-hybridized carbons (Fsp3) is 0.909. The normalized spacial score (nSPS) is 17.9. The van der Waals surface area contributed by atoms with Crippen LogP contribution in [0.15, 0.2) is 0 Å². The molecular formula is C11H22O7. The van der Waals surface area contributed by atoms with Gasteiger partial charge in [-0.3, -0.25) is 0 Å². The average Bonchev–Trinajstić information content (AvgIpc) is 2.27. The smallest absolute Gasteiger partial charge is 0.334 e. The summed E-state index contributed by atoms with van der Waals surface area (Å²) in [4.78, 5) is 10.9. The van der Waals surface area contributed by atoms with Gasteiger partial charge in [-0.2, -0.15) is 0 Å². The van der Waals surface area contributed by atoms with Crippen LogP contribution in [0.4, 0.5) is 0 Å². The second kappa shape index (κ2) is 9.23. The van der Waals surface area contributed by atoms with Gasteiger partial charge in [0.25, 0.3) is 0 Å². The fourth-order valence-corrected chi connectivity index (χ4v) is 0.951. The fourth-order valence-electron chi connectivity index (χ4n) is 0.951. The highest BCUT2D eigenvalue weighted by atomic mass is 16.7. The first-order valence-corrected chi connectivity index (χ1v) is 5.82. The zero-order chi connectivity index (χ0) is 14.1. The Labute approximate surface area is 106 Å². The van der Waals surface area contributed by atoms with Crippen LogP contribution in [0.25, 0.3) is 0 Å². The number of hydrogen-bond acceptors (Lipinski definition) is 7. The predicted octanol–water partition coefficient (Wildman–Crippen LogP) is -0.621. The van der Waals surface area contributed by atoms with Gasteiger partial charge in [-0.1, -0.05) is 0 Å². The zero-order valence-corrected chi connectivity index (χ0v) is 10.9. The lowest BCUT2D eigenvalue weighted by Crippen LogP contribution is -2.31. The van der Waals surface area contributed by atoms with Crippen LogP contribution in [0, 0.1) is 0 Å². The van der Waals surface area contributed by atoms with Crippen molar-refractivity contribution in [3.05, 3.63) is 0 Å². The second-order valence-corrected chi connectivity index (χ2v) is 3.90. The predicted molar refractivity (Wildman–Crippen MR) is 61.4 cm³/mol. The molecule has 0 fully saturated rings. The third-order valence-corrected chi connectivity index (χ3v) is 1.97.